The van der Waals surface area contributed by atoms with E-state index in [0.29, 0.717) is 36.8 Å². The van der Waals surface area contributed by atoms with E-state index in [0.717, 1.165) is 32.2 Å². The second-order valence-corrected chi connectivity index (χ2v) is 9.76. The molecule has 0 spiro atoms. The Kier molecular flexibility index (Phi) is 9.95. The van der Waals surface area contributed by atoms with Crippen LogP contribution >= 0.6 is 0 Å². The Hall–Kier alpha value is -2.76. The van der Waals surface area contributed by atoms with Gasteiger partial charge in [0.1, 0.15) is 11.9 Å². The average molecular weight is 564 g/mol. The van der Waals surface area contributed by atoms with E-state index in [1.807, 2.05) is 6.08 Å². The van der Waals surface area contributed by atoms with Crippen molar-refractivity contribution in [3.63, 3.8) is 0 Å². The van der Waals surface area contributed by atoms with E-state index in [9.17, 15) is 31.1 Å². The molecule has 218 valence electrons. The van der Waals surface area contributed by atoms with E-state index in [1.165, 1.54) is 4.90 Å². The molecule has 2 aliphatic rings. The number of cyclic esters (lactones) is 1. The molecule has 39 heavy (non-hydrogen) atoms. The molecule has 3 rings (SSSR count). The number of nitrogens with zero attached hydrogens (tertiary/aromatic N) is 3. The highest BCUT2D eigenvalue weighted by atomic mass is 19.4. The summed E-state index contributed by atoms with van der Waals surface area (Å²) < 4.78 is 91.4. The second-order valence-electron chi connectivity index (χ2n) is 9.76. The zero-order valence-corrected chi connectivity index (χ0v) is 22.5. The zero-order valence-electron chi connectivity index (χ0n) is 22.5. The van der Waals surface area contributed by atoms with Gasteiger partial charge in [-0.3, -0.25) is 9.89 Å². The predicted molar refractivity (Wildman–Crippen MR) is 134 cm³/mol. The summed E-state index contributed by atoms with van der Waals surface area (Å²) in [4.78, 5) is 21.0. The minimum Gasteiger partial charge on any atom is -0.439 e. The molecule has 0 radical (unpaired) electrons. The van der Waals surface area contributed by atoms with E-state index in [4.69, 9.17) is 9.47 Å². The van der Waals surface area contributed by atoms with Crippen LogP contribution in [0.5, 0.6) is 0 Å². The number of hydrogen-bond donors (Lipinski definition) is 0. The molecule has 2 saturated heterocycles. The topological polar surface area (TPSA) is 54.4 Å². The van der Waals surface area contributed by atoms with Crippen molar-refractivity contribution in [2.45, 2.75) is 77.0 Å². The normalized spacial score (nSPS) is 21.9. The van der Waals surface area contributed by atoms with Crippen LogP contribution in [0.1, 0.15) is 69.2 Å². The molecule has 1 aromatic rings. The summed E-state index contributed by atoms with van der Waals surface area (Å²) in [5, 5.41) is 0. The first-order valence-electron chi connectivity index (χ1n) is 13.0. The molecule has 12 heteroatoms. The maximum absolute atomic E-state index is 13.4. The lowest BCUT2D eigenvalue weighted by Gasteiger charge is -2.38. The number of amidine groups is 1. The fourth-order valence-corrected chi connectivity index (χ4v) is 5.02. The molecule has 2 fully saturated rings. The van der Waals surface area contributed by atoms with E-state index in [2.05, 4.69) is 16.8 Å². The third kappa shape index (κ3) is 7.26. The van der Waals surface area contributed by atoms with Crippen molar-refractivity contribution in [1.82, 2.24) is 9.80 Å². The van der Waals surface area contributed by atoms with Crippen molar-refractivity contribution in [2.75, 3.05) is 33.4 Å². The molecule has 0 N–H and O–H groups in total. The van der Waals surface area contributed by atoms with Crippen LogP contribution < -0.4 is 0 Å². The fourth-order valence-electron chi connectivity index (χ4n) is 5.02. The molecule has 2 atom stereocenters. The van der Waals surface area contributed by atoms with Crippen molar-refractivity contribution >= 4 is 11.9 Å². The lowest BCUT2D eigenvalue weighted by molar-refractivity contribution is -0.143. The number of amides is 1. The molecule has 1 aromatic carbocycles. The molecule has 1 amide bonds. The minimum absolute atomic E-state index is 0.0383. The molecule has 6 nitrogen and oxygen atoms in total. The number of unbranched alkanes of at least 4 members (excludes halogenated alkanes) is 1. The lowest BCUT2D eigenvalue weighted by atomic mass is 9.97. The highest BCUT2D eigenvalue weighted by molar-refractivity contribution is 5.99. The van der Waals surface area contributed by atoms with Crippen LogP contribution in [0.15, 0.2) is 34.8 Å². The lowest BCUT2D eigenvalue weighted by Crippen LogP contribution is -2.46. The van der Waals surface area contributed by atoms with E-state index < -0.39 is 41.7 Å². The van der Waals surface area contributed by atoms with Crippen LogP contribution in [-0.4, -0.2) is 67.2 Å². The minimum atomic E-state index is -5.00. The molecule has 2 aliphatic heterocycles. The van der Waals surface area contributed by atoms with E-state index in [1.54, 1.807) is 20.9 Å². The van der Waals surface area contributed by atoms with Gasteiger partial charge in [-0.2, -0.15) is 26.3 Å². The Morgan fingerprint density at radius 1 is 1.10 bits per heavy atom. The number of halogens is 6. The van der Waals surface area contributed by atoms with Crippen LogP contribution in [0.2, 0.25) is 0 Å². The molecule has 2 unspecified atom stereocenters. The molecular formula is C27H35F6N3O3. The van der Waals surface area contributed by atoms with E-state index >= 15 is 0 Å². The van der Waals surface area contributed by atoms with Gasteiger partial charge in [0.05, 0.1) is 23.7 Å². The van der Waals surface area contributed by atoms with Gasteiger partial charge in [-0.1, -0.05) is 19.4 Å². The quantitative estimate of drug-likeness (QED) is 0.197. The van der Waals surface area contributed by atoms with Gasteiger partial charge in [0.15, 0.2) is 0 Å². The zero-order chi connectivity index (χ0) is 29.0. The smallest absolute Gasteiger partial charge is 0.416 e. The van der Waals surface area contributed by atoms with Gasteiger partial charge >= 0.3 is 18.4 Å². The summed E-state index contributed by atoms with van der Waals surface area (Å²) in [5.41, 5.74) is -2.55. The van der Waals surface area contributed by atoms with Gasteiger partial charge < -0.3 is 14.4 Å². The van der Waals surface area contributed by atoms with Gasteiger partial charge in [-0.25, -0.2) is 4.79 Å². The molecule has 2 heterocycles. The van der Waals surface area contributed by atoms with E-state index in [-0.39, 0.29) is 24.2 Å². The first kappa shape index (κ1) is 30.8. The largest absolute Gasteiger partial charge is 0.439 e. The Bertz CT molecular complexity index is 1030. The maximum Gasteiger partial charge on any atom is 0.416 e. The Morgan fingerprint density at radius 3 is 2.18 bits per heavy atom. The van der Waals surface area contributed by atoms with Crippen molar-refractivity contribution in [1.29, 1.82) is 0 Å². The average Bonchev–Trinajstić information content (AvgIpc) is 3.17. The second kappa shape index (κ2) is 12.6. The number of rotatable bonds is 8. The maximum atomic E-state index is 13.4. The monoisotopic (exact) mass is 563 g/mol. The third-order valence-electron chi connectivity index (χ3n) is 7.17. The summed E-state index contributed by atoms with van der Waals surface area (Å²) >= 11 is 0. The first-order chi connectivity index (χ1) is 18.3. The predicted octanol–water partition coefficient (Wildman–Crippen LogP) is 6.86. The van der Waals surface area contributed by atoms with Gasteiger partial charge in [-0.15, -0.1) is 0 Å². The summed E-state index contributed by atoms with van der Waals surface area (Å²) in [6.45, 7) is 7.48. The molecule has 0 aliphatic carbocycles. The molecule has 0 saturated carbocycles. The van der Waals surface area contributed by atoms with Crippen molar-refractivity contribution in [3.05, 3.63) is 46.5 Å². The highest BCUT2D eigenvalue weighted by Crippen LogP contribution is 2.41. The Labute approximate surface area is 224 Å². The van der Waals surface area contributed by atoms with Gasteiger partial charge in [0, 0.05) is 38.4 Å². The van der Waals surface area contributed by atoms with Crippen LogP contribution in [0.4, 0.5) is 31.1 Å². The highest BCUT2D eigenvalue weighted by Gasteiger charge is 2.44. The number of benzene rings is 1. The Balaban J connectivity index is 1.89. The number of carbonyl (C=O) groups is 1. The number of hydrogen-bond acceptors (Lipinski definition) is 4. The van der Waals surface area contributed by atoms with Crippen molar-refractivity contribution in [3.8, 4) is 0 Å². The fraction of sp³-hybridized carbons (Fsp3) is 0.630. The van der Waals surface area contributed by atoms with Gasteiger partial charge in [0.25, 0.3) is 0 Å². The van der Waals surface area contributed by atoms with Crippen molar-refractivity contribution in [2.24, 2.45) is 4.99 Å². The summed E-state index contributed by atoms with van der Waals surface area (Å²) in [7, 11) is 1.66. The van der Waals surface area contributed by atoms with Crippen LogP contribution in [-0.2, 0) is 21.8 Å². The number of allylic oxidation sites excluding steroid dienone is 1. The SMILES string of the molecule is CC=C(CN1C(=O)OC(c2cc(C(F)(F)F)cc(C(F)(F)F)c2)C1C)C(=NC)N(CCCC)C1CCOCC1. The van der Waals surface area contributed by atoms with Crippen LogP contribution in [0.25, 0.3) is 0 Å². The summed E-state index contributed by atoms with van der Waals surface area (Å²) in [5.74, 6) is 0.694. The number of carbonyl (C=O) groups excluding carboxylic acids is 1. The molecular weight excluding hydrogens is 528 g/mol. The number of alkyl halides is 6. The summed E-state index contributed by atoms with van der Waals surface area (Å²) in [6, 6.07) is 0.648. The van der Waals surface area contributed by atoms with Crippen LogP contribution in [0.3, 0.4) is 0 Å². The molecule has 0 bridgehead atoms. The van der Waals surface area contributed by atoms with Crippen LogP contribution in [0, 0.1) is 0 Å². The number of aliphatic imine (C=N–C) groups is 1. The standard InChI is InChI=1S/C27H35F6N3O3/c1-5-7-10-35(22-8-11-38-12-9-22)24(34-4)18(6-2)16-36-17(3)23(39-25(36)37)19-13-20(26(28,29)30)15-21(14-19)27(31,32)33/h6,13-15,17,22-23H,5,7-12,16H2,1-4H3. The third-order valence-corrected chi connectivity index (χ3v) is 7.17. The molecule has 0 aromatic heterocycles. The van der Waals surface area contributed by atoms with Gasteiger partial charge in [-0.05, 0) is 56.9 Å². The van der Waals surface area contributed by atoms with Gasteiger partial charge in [0.2, 0.25) is 0 Å². The van der Waals surface area contributed by atoms with Crippen molar-refractivity contribution < 1.29 is 40.6 Å². The number of ether oxygens (including phenoxy) is 2. The Morgan fingerprint density at radius 2 is 1.69 bits per heavy atom. The summed E-state index contributed by atoms with van der Waals surface area (Å²) in [6.07, 6.45) is -6.78. The first-order valence-corrected chi connectivity index (χ1v) is 13.0.